The van der Waals surface area contributed by atoms with Gasteiger partial charge in [0.2, 0.25) is 11.8 Å². The van der Waals surface area contributed by atoms with Crippen molar-refractivity contribution >= 4 is 34.4 Å². The molecule has 1 aliphatic carbocycles. The van der Waals surface area contributed by atoms with Gasteiger partial charge in [-0.15, -0.1) is 0 Å². The van der Waals surface area contributed by atoms with E-state index in [-0.39, 0.29) is 30.3 Å². The fraction of sp³-hybridized carbons (Fsp3) is 0.300. The van der Waals surface area contributed by atoms with E-state index in [1.165, 1.54) is 0 Å². The molecule has 2 fully saturated rings. The van der Waals surface area contributed by atoms with E-state index in [0.717, 1.165) is 47.3 Å². The summed E-state index contributed by atoms with van der Waals surface area (Å²) in [7, 11) is 0. The average molecular weight is 523 g/mol. The van der Waals surface area contributed by atoms with Crippen LogP contribution in [0.25, 0.3) is 22.0 Å². The minimum Gasteiger partial charge on any atom is -0.366 e. The van der Waals surface area contributed by atoms with Crippen LogP contribution in [0.5, 0.6) is 0 Å². The van der Waals surface area contributed by atoms with Gasteiger partial charge in [0.1, 0.15) is 18.4 Å². The standard InChI is InChI=1S/C30H30N6O3/c1-17-6-7-21(14-32-17)19-9-11-25-23(13-19)24(29(31)38)15-35(25)16-27(37)36-22-10-8-20(12-22)28(36)30(39)34-26-5-3-4-18(2)33-26/h3-7,9,11,13-15,20,22,28H,8,10,12,16H2,1-2H3,(H2,31,38)(H,33,34,39)/t20-,22+,28-/m0/s1. The predicted molar refractivity (Wildman–Crippen MR) is 148 cm³/mol. The number of likely N-dealkylation sites (tertiary alicyclic amines) is 1. The van der Waals surface area contributed by atoms with Crippen molar-refractivity contribution in [2.45, 2.75) is 51.7 Å². The number of pyridine rings is 2. The third kappa shape index (κ3) is 4.54. The zero-order chi connectivity index (χ0) is 27.3. The van der Waals surface area contributed by atoms with Crippen molar-refractivity contribution in [3.05, 3.63) is 77.9 Å². The van der Waals surface area contributed by atoms with Crippen LogP contribution in [-0.2, 0) is 16.1 Å². The van der Waals surface area contributed by atoms with Gasteiger partial charge in [-0.05, 0) is 74.9 Å². The molecule has 9 nitrogen and oxygen atoms in total. The molecular weight excluding hydrogens is 492 g/mol. The fourth-order valence-electron chi connectivity index (χ4n) is 6.17. The molecular formula is C30H30N6O3. The van der Waals surface area contributed by atoms with Crippen LogP contribution in [0.3, 0.4) is 0 Å². The van der Waals surface area contributed by atoms with E-state index in [1.54, 1.807) is 27.9 Å². The largest absolute Gasteiger partial charge is 0.366 e. The topological polar surface area (TPSA) is 123 Å². The van der Waals surface area contributed by atoms with Crippen molar-refractivity contribution in [2.75, 3.05) is 5.32 Å². The maximum atomic E-state index is 13.8. The minimum absolute atomic E-state index is 0.00487. The highest BCUT2D eigenvalue weighted by atomic mass is 16.2. The fourth-order valence-corrected chi connectivity index (χ4v) is 6.17. The van der Waals surface area contributed by atoms with Gasteiger partial charge in [-0.25, -0.2) is 4.98 Å². The number of amides is 3. The molecule has 1 saturated carbocycles. The lowest BCUT2D eigenvalue weighted by Crippen LogP contribution is -2.51. The van der Waals surface area contributed by atoms with Crippen LogP contribution in [0.4, 0.5) is 5.82 Å². The van der Waals surface area contributed by atoms with Crippen molar-refractivity contribution in [1.82, 2.24) is 19.4 Å². The van der Waals surface area contributed by atoms with E-state index in [9.17, 15) is 14.4 Å². The van der Waals surface area contributed by atoms with Gasteiger partial charge in [0.15, 0.2) is 0 Å². The van der Waals surface area contributed by atoms with E-state index in [2.05, 4.69) is 15.3 Å². The minimum atomic E-state index is -0.562. The van der Waals surface area contributed by atoms with Crippen molar-refractivity contribution in [3.63, 3.8) is 0 Å². The third-order valence-corrected chi connectivity index (χ3v) is 7.98. The summed E-state index contributed by atoms with van der Waals surface area (Å²) in [6, 6.07) is 14.6. The summed E-state index contributed by atoms with van der Waals surface area (Å²) >= 11 is 0. The molecule has 9 heteroatoms. The molecule has 39 heavy (non-hydrogen) atoms. The molecule has 0 spiro atoms. The first-order valence-corrected chi connectivity index (χ1v) is 13.2. The molecule has 3 atom stereocenters. The monoisotopic (exact) mass is 522 g/mol. The lowest BCUT2D eigenvalue weighted by molar-refractivity contribution is -0.141. The van der Waals surface area contributed by atoms with Crippen LogP contribution < -0.4 is 11.1 Å². The third-order valence-electron chi connectivity index (χ3n) is 7.98. The second kappa shape index (κ2) is 9.65. The number of carbonyl (C=O) groups excluding carboxylic acids is 3. The Morgan fingerprint density at radius 1 is 1.03 bits per heavy atom. The maximum absolute atomic E-state index is 13.8. The first-order valence-electron chi connectivity index (χ1n) is 13.2. The number of nitrogens with one attached hydrogen (secondary N) is 1. The van der Waals surface area contributed by atoms with Crippen LogP contribution in [0.15, 0.2) is 60.9 Å². The molecule has 3 aromatic heterocycles. The molecule has 198 valence electrons. The summed E-state index contributed by atoms with van der Waals surface area (Å²) in [5, 5.41) is 3.59. The normalized spacial score (nSPS) is 19.9. The Morgan fingerprint density at radius 2 is 1.85 bits per heavy atom. The average Bonchev–Trinajstić information content (AvgIpc) is 3.62. The highest BCUT2D eigenvalue weighted by molar-refractivity contribution is 6.07. The van der Waals surface area contributed by atoms with E-state index in [1.807, 2.05) is 56.3 Å². The number of nitrogens with zero attached hydrogens (tertiary/aromatic N) is 4. The van der Waals surface area contributed by atoms with E-state index >= 15 is 0 Å². The van der Waals surface area contributed by atoms with Gasteiger partial charge in [0.05, 0.1) is 5.56 Å². The van der Waals surface area contributed by atoms with Gasteiger partial charge in [0.25, 0.3) is 5.91 Å². The second-order valence-electron chi connectivity index (χ2n) is 10.6. The zero-order valence-electron chi connectivity index (χ0n) is 21.9. The number of piperidine rings is 1. The molecule has 1 saturated heterocycles. The van der Waals surface area contributed by atoms with Crippen molar-refractivity contribution in [2.24, 2.45) is 11.7 Å². The van der Waals surface area contributed by atoms with Gasteiger partial charge >= 0.3 is 0 Å². The van der Waals surface area contributed by atoms with Crippen LogP contribution >= 0.6 is 0 Å². The van der Waals surface area contributed by atoms with Gasteiger partial charge in [0, 0.05) is 46.3 Å². The molecule has 1 aliphatic heterocycles. The van der Waals surface area contributed by atoms with Crippen LogP contribution in [0.1, 0.15) is 41.0 Å². The molecule has 4 heterocycles. The maximum Gasteiger partial charge on any atom is 0.250 e. The van der Waals surface area contributed by atoms with Crippen molar-refractivity contribution in [3.8, 4) is 11.1 Å². The molecule has 2 bridgehead atoms. The number of fused-ring (bicyclic) bond motifs is 3. The summed E-state index contributed by atoms with van der Waals surface area (Å²) in [6.07, 6.45) is 6.06. The molecule has 0 radical (unpaired) electrons. The van der Waals surface area contributed by atoms with Gasteiger partial charge in [-0.3, -0.25) is 19.4 Å². The van der Waals surface area contributed by atoms with Gasteiger partial charge in [-0.2, -0.15) is 0 Å². The first-order chi connectivity index (χ1) is 18.8. The van der Waals surface area contributed by atoms with E-state index in [4.69, 9.17) is 5.73 Å². The summed E-state index contributed by atoms with van der Waals surface area (Å²) in [4.78, 5) is 50.0. The number of primary amides is 1. The number of hydrogen-bond donors (Lipinski definition) is 2. The smallest absolute Gasteiger partial charge is 0.250 e. The highest BCUT2D eigenvalue weighted by Gasteiger charge is 2.51. The highest BCUT2D eigenvalue weighted by Crippen LogP contribution is 2.43. The molecule has 2 aliphatic rings. The van der Waals surface area contributed by atoms with E-state index in [0.29, 0.717) is 16.8 Å². The lowest BCUT2D eigenvalue weighted by atomic mass is 9.97. The van der Waals surface area contributed by atoms with Crippen LogP contribution in [-0.4, -0.2) is 49.2 Å². The SMILES string of the molecule is Cc1ccc(-c2ccc3c(c2)c(C(N)=O)cn3CC(=O)N2[C@@H]3CC[C@@H](C3)[C@H]2C(=O)Nc2cccc(C)n2)cn1. The number of aromatic nitrogens is 3. The Hall–Kier alpha value is -4.53. The molecule has 6 rings (SSSR count). The Balaban J connectivity index is 1.29. The molecule has 0 unspecified atom stereocenters. The molecule has 3 N–H and O–H groups in total. The van der Waals surface area contributed by atoms with Crippen molar-refractivity contribution < 1.29 is 14.4 Å². The van der Waals surface area contributed by atoms with E-state index < -0.39 is 11.9 Å². The number of hydrogen-bond acceptors (Lipinski definition) is 5. The summed E-state index contributed by atoms with van der Waals surface area (Å²) < 4.78 is 1.76. The number of carbonyl (C=O) groups is 3. The molecule has 3 amide bonds. The van der Waals surface area contributed by atoms with Gasteiger partial charge < -0.3 is 20.5 Å². The Labute approximate surface area is 226 Å². The number of nitrogens with two attached hydrogens (primary N) is 1. The Morgan fingerprint density at radius 3 is 2.59 bits per heavy atom. The predicted octanol–water partition coefficient (Wildman–Crippen LogP) is 3.83. The number of aryl methyl sites for hydroxylation is 2. The van der Waals surface area contributed by atoms with Crippen LogP contribution in [0.2, 0.25) is 0 Å². The van der Waals surface area contributed by atoms with Crippen LogP contribution in [0, 0.1) is 19.8 Å². The Bertz CT molecular complexity index is 1610. The molecule has 4 aromatic rings. The summed E-state index contributed by atoms with van der Waals surface area (Å²) in [6.45, 7) is 3.80. The van der Waals surface area contributed by atoms with Crippen molar-refractivity contribution in [1.29, 1.82) is 0 Å². The number of anilines is 1. The van der Waals surface area contributed by atoms with Gasteiger partial charge in [-0.1, -0.05) is 18.2 Å². The number of rotatable bonds is 6. The zero-order valence-corrected chi connectivity index (χ0v) is 21.9. The number of benzene rings is 1. The quantitative estimate of drug-likeness (QED) is 0.398. The summed E-state index contributed by atoms with van der Waals surface area (Å²) in [5.74, 6) is -0.317. The molecule has 1 aromatic carbocycles. The first kappa shape index (κ1) is 24.8. The Kier molecular flexibility index (Phi) is 6.13. The summed E-state index contributed by atoms with van der Waals surface area (Å²) in [5.41, 5.74) is 10.4. The lowest BCUT2D eigenvalue weighted by Gasteiger charge is -2.34. The second-order valence-corrected chi connectivity index (χ2v) is 10.6.